The van der Waals surface area contributed by atoms with E-state index in [0.29, 0.717) is 6.42 Å². The molecule has 0 aromatic carbocycles. The molecule has 0 spiro atoms. The number of aliphatic carboxylic acids is 1. The van der Waals surface area contributed by atoms with E-state index in [-0.39, 0.29) is 22.8 Å². The van der Waals surface area contributed by atoms with Crippen LogP contribution in [0.2, 0.25) is 5.02 Å². The van der Waals surface area contributed by atoms with Gasteiger partial charge in [0.1, 0.15) is 11.1 Å². The molecule has 1 aromatic rings. The molecule has 6 nitrogen and oxygen atoms in total. The number of hydrogen-bond acceptors (Lipinski definition) is 5. The number of carboxylic acid groups (broad SMARTS) is 1. The molecule has 0 unspecified atom stereocenters. The summed E-state index contributed by atoms with van der Waals surface area (Å²) in [6.45, 7) is 3.89. The molecule has 0 aliphatic carbocycles. The number of hydrogen-bond donors (Lipinski definition) is 2. The van der Waals surface area contributed by atoms with Crippen molar-refractivity contribution in [2.45, 2.75) is 26.3 Å². The molecule has 1 aromatic heterocycles. The van der Waals surface area contributed by atoms with Crippen molar-refractivity contribution in [3.63, 3.8) is 0 Å². The number of nitrogens with one attached hydrogen (secondary N) is 1. The predicted octanol–water partition coefficient (Wildman–Crippen LogP) is 2.05. The number of ether oxygens (including phenoxy) is 1. The van der Waals surface area contributed by atoms with Gasteiger partial charge in [0.2, 0.25) is 0 Å². The van der Waals surface area contributed by atoms with Crippen LogP contribution in [-0.4, -0.2) is 34.2 Å². The summed E-state index contributed by atoms with van der Waals surface area (Å²) in [5.41, 5.74) is 0. The highest BCUT2D eigenvalue weighted by Crippen LogP contribution is 2.22. The lowest BCUT2D eigenvalue weighted by molar-refractivity contribution is -0.138. The van der Waals surface area contributed by atoms with Gasteiger partial charge in [-0.15, -0.1) is 0 Å². The summed E-state index contributed by atoms with van der Waals surface area (Å²) in [7, 11) is 1.43. The molecule has 0 saturated heterocycles. The molecular weight excluding hydrogens is 258 g/mol. The smallest absolute Gasteiger partial charge is 0.326 e. The maximum atomic E-state index is 11.1. The van der Waals surface area contributed by atoms with Crippen LogP contribution in [0.1, 0.15) is 20.3 Å². The van der Waals surface area contributed by atoms with Gasteiger partial charge in [0.15, 0.2) is 5.82 Å². The molecule has 2 N–H and O–H groups in total. The fourth-order valence-corrected chi connectivity index (χ4v) is 1.55. The fourth-order valence-electron chi connectivity index (χ4n) is 1.41. The number of nitrogens with zero attached hydrogens (tertiary/aromatic N) is 2. The van der Waals surface area contributed by atoms with Crippen molar-refractivity contribution in [1.82, 2.24) is 9.97 Å². The number of halogens is 1. The van der Waals surface area contributed by atoms with Crippen LogP contribution in [0.25, 0.3) is 0 Å². The van der Waals surface area contributed by atoms with Crippen molar-refractivity contribution < 1.29 is 14.6 Å². The molecule has 0 aliphatic rings. The van der Waals surface area contributed by atoms with Crippen LogP contribution in [0.4, 0.5) is 5.82 Å². The van der Waals surface area contributed by atoms with E-state index in [1.165, 1.54) is 13.3 Å². The molecule has 0 bridgehead atoms. The Hall–Kier alpha value is -1.56. The number of carbonyl (C=O) groups is 1. The van der Waals surface area contributed by atoms with Gasteiger partial charge in [-0.1, -0.05) is 25.4 Å². The van der Waals surface area contributed by atoms with Crippen molar-refractivity contribution in [3.8, 4) is 6.01 Å². The molecule has 7 heteroatoms. The van der Waals surface area contributed by atoms with Crippen LogP contribution in [0.5, 0.6) is 6.01 Å². The maximum Gasteiger partial charge on any atom is 0.326 e. The number of methoxy groups -OCH3 is 1. The Kier molecular flexibility index (Phi) is 5.15. The van der Waals surface area contributed by atoms with E-state index >= 15 is 0 Å². The number of aromatic nitrogens is 2. The van der Waals surface area contributed by atoms with Crippen LogP contribution in [0.15, 0.2) is 6.20 Å². The zero-order chi connectivity index (χ0) is 13.7. The highest BCUT2D eigenvalue weighted by molar-refractivity contribution is 6.32. The Morgan fingerprint density at radius 2 is 2.28 bits per heavy atom. The van der Waals surface area contributed by atoms with Gasteiger partial charge in [0, 0.05) is 0 Å². The van der Waals surface area contributed by atoms with E-state index in [1.807, 2.05) is 13.8 Å². The first-order chi connectivity index (χ1) is 8.43. The average Bonchev–Trinajstić information content (AvgIpc) is 2.30. The van der Waals surface area contributed by atoms with Gasteiger partial charge in [-0.25, -0.2) is 9.78 Å². The molecular formula is C11H16ClN3O3. The van der Waals surface area contributed by atoms with Crippen LogP contribution in [0.3, 0.4) is 0 Å². The van der Waals surface area contributed by atoms with Gasteiger partial charge in [0.25, 0.3) is 0 Å². The number of anilines is 1. The second-order valence-corrected chi connectivity index (χ2v) is 4.63. The summed E-state index contributed by atoms with van der Waals surface area (Å²) in [4.78, 5) is 18.9. The molecule has 0 saturated carbocycles. The first-order valence-corrected chi connectivity index (χ1v) is 5.87. The third-order valence-corrected chi connectivity index (χ3v) is 2.50. The van der Waals surface area contributed by atoms with E-state index in [0.717, 1.165) is 0 Å². The molecule has 1 atom stereocenters. The lowest BCUT2D eigenvalue weighted by Crippen LogP contribution is -2.31. The largest absolute Gasteiger partial charge is 0.480 e. The molecule has 0 amide bonds. The van der Waals surface area contributed by atoms with Crippen molar-refractivity contribution in [2.75, 3.05) is 12.4 Å². The minimum absolute atomic E-state index is 0.135. The third-order valence-electron chi connectivity index (χ3n) is 2.22. The maximum absolute atomic E-state index is 11.1. The molecule has 18 heavy (non-hydrogen) atoms. The Balaban J connectivity index is 2.89. The monoisotopic (exact) mass is 273 g/mol. The molecule has 0 fully saturated rings. The van der Waals surface area contributed by atoms with E-state index in [9.17, 15) is 4.79 Å². The SMILES string of the molecule is COc1ncc(Cl)c(N[C@H](CC(C)C)C(=O)O)n1. The zero-order valence-electron chi connectivity index (χ0n) is 10.5. The fraction of sp³-hybridized carbons (Fsp3) is 0.545. The summed E-state index contributed by atoms with van der Waals surface area (Å²) in [5.74, 6) is -0.449. The molecule has 0 radical (unpaired) electrons. The van der Waals surface area contributed by atoms with Crippen molar-refractivity contribution in [2.24, 2.45) is 5.92 Å². The normalized spacial score (nSPS) is 12.3. The predicted molar refractivity (Wildman–Crippen MR) is 68.1 cm³/mol. The Labute approximate surface area is 110 Å². The summed E-state index contributed by atoms with van der Waals surface area (Å²) in [5, 5.41) is 12.2. The lowest BCUT2D eigenvalue weighted by atomic mass is 10.0. The van der Waals surface area contributed by atoms with Gasteiger partial charge >= 0.3 is 12.0 Å². The van der Waals surface area contributed by atoms with Crippen LogP contribution in [-0.2, 0) is 4.79 Å². The molecule has 1 heterocycles. The second kappa shape index (κ2) is 6.39. The third kappa shape index (κ3) is 4.03. The van der Waals surface area contributed by atoms with Gasteiger partial charge in [-0.3, -0.25) is 0 Å². The van der Waals surface area contributed by atoms with Crippen LogP contribution in [0, 0.1) is 5.92 Å². The van der Waals surface area contributed by atoms with Crippen molar-refractivity contribution in [1.29, 1.82) is 0 Å². The summed E-state index contributed by atoms with van der Waals surface area (Å²) < 4.78 is 4.86. The Morgan fingerprint density at radius 1 is 1.61 bits per heavy atom. The van der Waals surface area contributed by atoms with E-state index < -0.39 is 12.0 Å². The van der Waals surface area contributed by atoms with Gasteiger partial charge in [-0.05, 0) is 12.3 Å². The summed E-state index contributed by atoms with van der Waals surface area (Å²) in [6.07, 6.45) is 1.84. The lowest BCUT2D eigenvalue weighted by Gasteiger charge is -2.17. The molecule has 100 valence electrons. The standard InChI is InChI=1S/C11H16ClN3O3/c1-6(2)4-8(10(16)17)14-9-7(12)5-13-11(15-9)18-3/h5-6,8H,4H2,1-3H3,(H,16,17)(H,13,14,15)/t8-/m1/s1. The van der Waals surface area contributed by atoms with Gasteiger partial charge in [-0.2, -0.15) is 4.98 Å². The molecule has 1 rings (SSSR count). The van der Waals surface area contributed by atoms with Gasteiger partial charge in [0.05, 0.1) is 13.3 Å². The summed E-state index contributed by atoms with van der Waals surface area (Å²) in [6, 6.07) is -0.613. The summed E-state index contributed by atoms with van der Waals surface area (Å²) >= 11 is 5.90. The minimum Gasteiger partial charge on any atom is -0.480 e. The Morgan fingerprint density at radius 3 is 2.78 bits per heavy atom. The minimum atomic E-state index is -0.947. The van der Waals surface area contributed by atoms with Crippen molar-refractivity contribution >= 4 is 23.4 Å². The van der Waals surface area contributed by atoms with E-state index in [1.54, 1.807) is 0 Å². The number of carboxylic acids is 1. The average molecular weight is 274 g/mol. The first kappa shape index (κ1) is 14.5. The highest BCUT2D eigenvalue weighted by Gasteiger charge is 2.20. The quantitative estimate of drug-likeness (QED) is 0.825. The first-order valence-electron chi connectivity index (χ1n) is 5.50. The highest BCUT2D eigenvalue weighted by atomic mass is 35.5. The van der Waals surface area contributed by atoms with Crippen LogP contribution < -0.4 is 10.1 Å². The Bertz CT molecular complexity index is 426. The van der Waals surface area contributed by atoms with Gasteiger partial charge < -0.3 is 15.2 Å². The van der Waals surface area contributed by atoms with Crippen molar-refractivity contribution in [3.05, 3.63) is 11.2 Å². The van der Waals surface area contributed by atoms with E-state index in [2.05, 4.69) is 15.3 Å². The van der Waals surface area contributed by atoms with Crippen LogP contribution >= 0.6 is 11.6 Å². The zero-order valence-corrected chi connectivity index (χ0v) is 11.2. The second-order valence-electron chi connectivity index (χ2n) is 4.22. The van der Waals surface area contributed by atoms with E-state index in [4.69, 9.17) is 21.4 Å². The molecule has 0 aliphatic heterocycles. The number of rotatable bonds is 6. The topological polar surface area (TPSA) is 84.3 Å².